The molecule has 0 radical (unpaired) electrons. The molecule has 0 aliphatic heterocycles. The van der Waals surface area contributed by atoms with Gasteiger partial charge in [-0.25, -0.2) is 0 Å². The van der Waals surface area contributed by atoms with E-state index in [0.29, 0.717) is 28.5 Å². The summed E-state index contributed by atoms with van der Waals surface area (Å²) in [4.78, 5) is 22.8. The van der Waals surface area contributed by atoms with Crippen LogP contribution in [0.5, 0.6) is 0 Å². The number of carbonyl (C=O) groups excluding carboxylic acids is 2. The summed E-state index contributed by atoms with van der Waals surface area (Å²) >= 11 is 3.00. The molecule has 0 bridgehead atoms. The van der Waals surface area contributed by atoms with Crippen LogP contribution < -0.4 is 0 Å². The molecule has 2 nitrogen and oxygen atoms in total. The van der Waals surface area contributed by atoms with E-state index in [2.05, 4.69) is 0 Å². The van der Waals surface area contributed by atoms with Crippen LogP contribution in [0.25, 0.3) is 0 Å². The van der Waals surface area contributed by atoms with Crippen molar-refractivity contribution in [2.45, 2.75) is 71.6 Å². The van der Waals surface area contributed by atoms with E-state index in [-0.39, 0.29) is 0 Å². The Kier molecular flexibility index (Phi) is 8.94. The van der Waals surface area contributed by atoms with Gasteiger partial charge < -0.3 is 0 Å². The van der Waals surface area contributed by atoms with Gasteiger partial charge in [-0.3, -0.25) is 9.59 Å². The number of rotatable bonds is 8. The minimum absolute atomic E-state index is 0.312. The summed E-state index contributed by atoms with van der Waals surface area (Å²) < 4.78 is 0. The molecule has 0 saturated heterocycles. The minimum atomic E-state index is 0.312. The fraction of sp³-hybridized carbons (Fsp3) is 0.875. The molecule has 0 N–H and O–H groups in total. The van der Waals surface area contributed by atoms with Crippen LogP contribution >= 0.6 is 23.5 Å². The van der Waals surface area contributed by atoms with Crippen LogP contribution in [0.2, 0.25) is 0 Å². The molecule has 0 aromatic rings. The molecular weight excluding hydrogens is 288 g/mol. The first kappa shape index (κ1) is 18.1. The summed E-state index contributed by atoms with van der Waals surface area (Å²) in [6, 6.07) is 0. The molecule has 1 rings (SSSR count). The molecule has 20 heavy (non-hydrogen) atoms. The number of carbonyl (C=O) groups is 2. The first-order chi connectivity index (χ1) is 9.62. The third kappa shape index (κ3) is 6.66. The van der Waals surface area contributed by atoms with E-state index in [1.54, 1.807) is 0 Å². The second-order valence-corrected chi connectivity index (χ2v) is 8.01. The SMILES string of the molecule is CCC(=O)SCCC1(CCSC(=O)CC)CCCCC1. The molecule has 1 fully saturated rings. The highest BCUT2D eigenvalue weighted by Gasteiger charge is 2.31. The van der Waals surface area contributed by atoms with Gasteiger partial charge in [-0.2, -0.15) is 0 Å². The second-order valence-electron chi connectivity index (χ2n) is 5.71. The van der Waals surface area contributed by atoms with Crippen LogP contribution in [0.15, 0.2) is 0 Å². The van der Waals surface area contributed by atoms with Gasteiger partial charge in [0.1, 0.15) is 0 Å². The Balaban J connectivity index is 2.40. The summed E-state index contributed by atoms with van der Waals surface area (Å²) in [7, 11) is 0. The first-order valence-electron chi connectivity index (χ1n) is 7.93. The molecule has 0 amide bonds. The van der Waals surface area contributed by atoms with E-state index in [0.717, 1.165) is 24.3 Å². The molecule has 0 unspecified atom stereocenters. The molecule has 1 aliphatic rings. The molecular formula is C16H28O2S2. The van der Waals surface area contributed by atoms with E-state index >= 15 is 0 Å². The predicted octanol–water partition coefficient (Wildman–Crippen LogP) is 5.06. The van der Waals surface area contributed by atoms with Crippen LogP contribution in [-0.2, 0) is 9.59 Å². The smallest absolute Gasteiger partial charge is 0.188 e. The highest BCUT2D eigenvalue weighted by molar-refractivity contribution is 8.13. The van der Waals surface area contributed by atoms with Crippen molar-refractivity contribution in [3.8, 4) is 0 Å². The highest BCUT2D eigenvalue weighted by atomic mass is 32.2. The van der Waals surface area contributed by atoms with Crippen molar-refractivity contribution in [3.63, 3.8) is 0 Å². The van der Waals surface area contributed by atoms with Gasteiger partial charge in [0.15, 0.2) is 10.2 Å². The number of thioether (sulfide) groups is 2. The lowest BCUT2D eigenvalue weighted by atomic mass is 9.70. The largest absolute Gasteiger partial charge is 0.287 e. The van der Waals surface area contributed by atoms with Crippen LogP contribution in [0.3, 0.4) is 0 Å². The monoisotopic (exact) mass is 316 g/mol. The van der Waals surface area contributed by atoms with Crippen molar-refractivity contribution in [2.24, 2.45) is 5.41 Å². The van der Waals surface area contributed by atoms with Crippen LogP contribution in [0, 0.1) is 5.41 Å². The average molecular weight is 317 g/mol. The fourth-order valence-corrected chi connectivity index (χ4v) is 4.83. The van der Waals surface area contributed by atoms with Gasteiger partial charge in [0.25, 0.3) is 0 Å². The van der Waals surface area contributed by atoms with Crippen molar-refractivity contribution >= 4 is 33.8 Å². The number of hydrogen-bond donors (Lipinski definition) is 0. The lowest BCUT2D eigenvalue weighted by Gasteiger charge is -2.37. The molecule has 4 heteroatoms. The lowest BCUT2D eigenvalue weighted by Crippen LogP contribution is -2.26. The van der Waals surface area contributed by atoms with Gasteiger partial charge in [-0.05, 0) is 31.1 Å². The zero-order valence-electron chi connectivity index (χ0n) is 12.9. The zero-order chi connectivity index (χ0) is 14.8. The Bertz CT molecular complexity index is 286. The van der Waals surface area contributed by atoms with Gasteiger partial charge in [-0.15, -0.1) is 0 Å². The highest BCUT2D eigenvalue weighted by Crippen LogP contribution is 2.43. The molecule has 0 spiro atoms. The van der Waals surface area contributed by atoms with Crippen LogP contribution in [0.4, 0.5) is 0 Å². The average Bonchev–Trinajstić information content (AvgIpc) is 2.47. The van der Waals surface area contributed by atoms with E-state index in [1.165, 1.54) is 55.6 Å². The molecule has 116 valence electrons. The summed E-state index contributed by atoms with van der Waals surface area (Å²) in [5.74, 6) is 1.91. The molecule has 0 aromatic carbocycles. The zero-order valence-corrected chi connectivity index (χ0v) is 14.5. The Morgan fingerprint density at radius 3 is 1.70 bits per heavy atom. The minimum Gasteiger partial charge on any atom is -0.287 e. The summed E-state index contributed by atoms with van der Waals surface area (Å²) in [5, 5.41) is 0.623. The van der Waals surface area contributed by atoms with Gasteiger partial charge in [0.2, 0.25) is 0 Å². The Morgan fingerprint density at radius 2 is 1.30 bits per heavy atom. The van der Waals surface area contributed by atoms with Crippen molar-refractivity contribution in [1.82, 2.24) is 0 Å². The van der Waals surface area contributed by atoms with Gasteiger partial charge >= 0.3 is 0 Å². The van der Waals surface area contributed by atoms with Crippen LogP contribution in [0.1, 0.15) is 71.6 Å². The molecule has 1 aliphatic carbocycles. The quantitative estimate of drug-likeness (QED) is 0.627. The standard InChI is InChI=1S/C16H28O2S2/c1-3-14(17)19-12-10-16(8-6-5-7-9-16)11-13-20-15(18)4-2/h3-13H2,1-2H3. The fourth-order valence-electron chi connectivity index (χ4n) is 2.89. The predicted molar refractivity (Wildman–Crippen MR) is 90.3 cm³/mol. The third-order valence-electron chi connectivity index (χ3n) is 4.28. The molecule has 0 atom stereocenters. The molecule has 1 saturated carbocycles. The van der Waals surface area contributed by atoms with Gasteiger partial charge in [-0.1, -0.05) is 56.6 Å². The lowest BCUT2D eigenvalue weighted by molar-refractivity contribution is -0.111. The summed E-state index contributed by atoms with van der Waals surface area (Å²) in [6.07, 6.45) is 10.1. The van der Waals surface area contributed by atoms with E-state index in [9.17, 15) is 9.59 Å². The van der Waals surface area contributed by atoms with E-state index in [1.807, 2.05) is 13.8 Å². The Morgan fingerprint density at radius 1 is 0.850 bits per heavy atom. The van der Waals surface area contributed by atoms with Crippen molar-refractivity contribution < 1.29 is 9.59 Å². The van der Waals surface area contributed by atoms with Crippen molar-refractivity contribution in [3.05, 3.63) is 0 Å². The number of hydrogen-bond acceptors (Lipinski definition) is 4. The summed E-state index contributed by atoms with van der Waals surface area (Å²) in [5.41, 5.74) is 0.403. The van der Waals surface area contributed by atoms with Gasteiger partial charge in [0, 0.05) is 24.3 Å². The Labute approximate surface area is 132 Å². The van der Waals surface area contributed by atoms with E-state index in [4.69, 9.17) is 0 Å². The van der Waals surface area contributed by atoms with E-state index < -0.39 is 0 Å². The maximum atomic E-state index is 11.4. The molecule has 0 heterocycles. The molecule has 0 aromatic heterocycles. The van der Waals surface area contributed by atoms with Crippen LogP contribution in [-0.4, -0.2) is 21.7 Å². The second kappa shape index (κ2) is 9.88. The normalized spacial score (nSPS) is 17.9. The van der Waals surface area contributed by atoms with Crippen molar-refractivity contribution in [2.75, 3.05) is 11.5 Å². The maximum absolute atomic E-state index is 11.4. The Hall–Kier alpha value is 0.0400. The summed E-state index contributed by atoms with van der Waals surface area (Å²) in [6.45, 7) is 3.86. The topological polar surface area (TPSA) is 34.1 Å². The van der Waals surface area contributed by atoms with Crippen molar-refractivity contribution in [1.29, 1.82) is 0 Å². The third-order valence-corrected chi connectivity index (χ3v) is 6.32. The van der Waals surface area contributed by atoms with Gasteiger partial charge in [0.05, 0.1) is 0 Å². The maximum Gasteiger partial charge on any atom is 0.188 e. The first-order valence-corrected chi connectivity index (χ1v) is 9.90.